The molecule has 0 radical (unpaired) electrons. The van der Waals surface area contributed by atoms with E-state index in [4.69, 9.17) is 0 Å². The standard InChI is InChI=1S/C11H11N3S/c1-2-4-10(3-1)14-6-5-12-11(14)9-7-13-15-8-9/h1,3,5-8,10H,2,4H2. The Kier molecular flexibility index (Phi) is 2.14. The summed E-state index contributed by atoms with van der Waals surface area (Å²) < 4.78 is 6.35. The van der Waals surface area contributed by atoms with Crippen LogP contribution in [0.2, 0.25) is 0 Å². The summed E-state index contributed by atoms with van der Waals surface area (Å²) in [5.74, 6) is 1.03. The van der Waals surface area contributed by atoms with Crippen molar-refractivity contribution in [3.8, 4) is 11.4 Å². The van der Waals surface area contributed by atoms with Gasteiger partial charge in [-0.25, -0.2) is 9.36 Å². The van der Waals surface area contributed by atoms with Gasteiger partial charge >= 0.3 is 0 Å². The second kappa shape index (κ2) is 3.62. The zero-order valence-corrected chi connectivity index (χ0v) is 9.02. The van der Waals surface area contributed by atoms with E-state index in [1.54, 1.807) is 0 Å². The molecule has 1 aliphatic rings. The van der Waals surface area contributed by atoms with Crippen molar-refractivity contribution in [2.75, 3.05) is 0 Å². The van der Waals surface area contributed by atoms with Crippen LogP contribution in [0.3, 0.4) is 0 Å². The molecule has 1 atom stereocenters. The smallest absolute Gasteiger partial charge is 0.142 e. The van der Waals surface area contributed by atoms with Crippen LogP contribution >= 0.6 is 11.5 Å². The molecule has 0 bridgehead atoms. The highest BCUT2D eigenvalue weighted by Crippen LogP contribution is 2.28. The average Bonchev–Trinajstić information content (AvgIpc) is 3.01. The molecule has 4 heteroatoms. The van der Waals surface area contributed by atoms with Crippen LogP contribution in [0.25, 0.3) is 11.4 Å². The second-order valence-electron chi connectivity index (χ2n) is 3.64. The molecule has 0 N–H and O–H groups in total. The van der Waals surface area contributed by atoms with E-state index in [9.17, 15) is 0 Å². The molecule has 2 aromatic heterocycles. The number of hydrogen-bond donors (Lipinski definition) is 0. The van der Waals surface area contributed by atoms with E-state index in [-0.39, 0.29) is 0 Å². The molecule has 0 aromatic carbocycles. The van der Waals surface area contributed by atoms with E-state index >= 15 is 0 Å². The lowest BCUT2D eigenvalue weighted by Crippen LogP contribution is -2.04. The summed E-state index contributed by atoms with van der Waals surface area (Å²) in [5.41, 5.74) is 1.12. The summed E-state index contributed by atoms with van der Waals surface area (Å²) in [6.45, 7) is 0. The Balaban J connectivity index is 2.02. The largest absolute Gasteiger partial charge is 0.324 e. The van der Waals surface area contributed by atoms with Crippen molar-refractivity contribution in [3.05, 3.63) is 36.1 Å². The van der Waals surface area contributed by atoms with Gasteiger partial charge in [0.2, 0.25) is 0 Å². The maximum atomic E-state index is 4.40. The molecule has 3 nitrogen and oxygen atoms in total. The molecule has 0 amide bonds. The van der Waals surface area contributed by atoms with Crippen LogP contribution in [0.15, 0.2) is 36.1 Å². The lowest BCUT2D eigenvalue weighted by Gasteiger charge is -2.12. The van der Waals surface area contributed by atoms with Crippen LogP contribution in [0, 0.1) is 0 Å². The van der Waals surface area contributed by atoms with Gasteiger partial charge in [0.15, 0.2) is 0 Å². The predicted octanol–water partition coefficient (Wildman–Crippen LogP) is 2.90. The Bertz CT molecular complexity index is 470. The fourth-order valence-corrected chi connectivity index (χ4v) is 2.48. The molecule has 0 saturated heterocycles. The molecule has 0 aliphatic heterocycles. The molecule has 2 heterocycles. The van der Waals surface area contributed by atoms with Gasteiger partial charge in [0.05, 0.1) is 12.2 Å². The molecule has 1 aliphatic carbocycles. The van der Waals surface area contributed by atoms with Gasteiger partial charge < -0.3 is 4.57 Å². The molecule has 0 spiro atoms. The fraction of sp³-hybridized carbons (Fsp3) is 0.273. The molecule has 0 fully saturated rings. The number of imidazole rings is 1. The number of hydrogen-bond acceptors (Lipinski definition) is 3. The number of rotatable bonds is 2. The summed E-state index contributed by atoms with van der Waals surface area (Å²) in [4.78, 5) is 4.40. The number of nitrogens with zero attached hydrogens (tertiary/aromatic N) is 3. The van der Waals surface area contributed by atoms with Gasteiger partial charge in [0.25, 0.3) is 0 Å². The summed E-state index contributed by atoms with van der Waals surface area (Å²) in [7, 11) is 0. The minimum Gasteiger partial charge on any atom is -0.324 e. The summed E-state index contributed by atoms with van der Waals surface area (Å²) in [6, 6.07) is 0.474. The second-order valence-corrected chi connectivity index (χ2v) is 4.30. The van der Waals surface area contributed by atoms with Crippen LogP contribution in [-0.4, -0.2) is 13.9 Å². The Hall–Kier alpha value is -1.42. The highest BCUT2D eigenvalue weighted by Gasteiger charge is 2.15. The molecular formula is C11H11N3S. The topological polar surface area (TPSA) is 30.7 Å². The molecular weight excluding hydrogens is 206 g/mol. The lowest BCUT2D eigenvalue weighted by molar-refractivity contribution is 0.596. The maximum absolute atomic E-state index is 4.40. The molecule has 3 rings (SSSR count). The Morgan fingerprint density at radius 2 is 2.47 bits per heavy atom. The van der Waals surface area contributed by atoms with Gasteiger partial charge in [-0.2, -0.15) is 0 Å². The third-order valence-corrected chi connectivity index (χ3v) is 3.29. The summed E-state index contributed by atoms with van der Waals surface area (Å²) in [5, 5.41) is 2.04. The van der Waals surface area contributed by atoms with Crippen molar-refractivity contribution < 1.29 is 0 Å². The van der Waals surface area contributed by atoms with Crippen molar-refractivity contribution in [1.29, 1.82) is 0 Å². The van der Waals surface area contributed by atoms with E-state index in [1.807, 2.05) is 24.0 Å². The van der Waals surface area contributed by atoms with Gasteiger partial charge in [0, 0.05) is 23.3 Å². The molecule has 15 heavy (non-hydrogen) atoms. The minimum absolute atomic E-state index is 0.474. The Morgan fingerprint density at radius 1 is 1.47 bits per heavy atom. The van der Waals surface area contributed by atoms with E-state index in [0.29, 0.717) is 6.04 Å². The Labute approximate surface area is 92.3 Å². The Morgan fingerprint density at radius 3 is 3.20 bits per heavy atom. The van der Waals surface area contributed by atoms with Crippen molar-refractivity contribution in [1.82, 2.24) is 13.9 Å². The zero-order valence-electron chi connectivity index (χ0n) is 8.21. The number of allylic oxidation sites excluding steroid dienone is 2. The predicted molar refractivity (Wildman–Crippen MR) is 60.7 cm³/mol. The third-order valence-electron chi connectivity index (χ3n) is 2.70. The summed E-state index contributed by atoms with van der Waals surface area (Å²) in [6.07, 6.45) is 12.6. The van der Waals surface area contributed by atoms with E-state index in [2.05, 4.69) is 26.1 Å². The van der Waals surface area contributed by atoms with Gasteiger partial charge in [-0.05, 0) is 24.4 Å². The van der Waals surface area contributed by atoms with Crippen LogP contribution in [-0.2, 0) is 0 Å². The highest BCUT2D eigenvalue weighted by atomic mass is 32.1. The van der Waals surface area contributed by atoms with Crippen LogP contribution in [0.1, 0.15) is 18.9 Å². The SMILES string of the molecule is C1=CC(n2ccnc2-c2cnsc2)CC1. The van der Waals surface area contributed by atoms with Crippen molar-refractivity contribution in [2.45, 2.75) is 18.9 Å². The normalized spacial score (nSPS) is 19.9. The molecule has 2 aromatic rings. The third kappa shape index (κ3) is 1.51. The van der Waals surface area contributed by atoms with Crippen LogP contribution in [0.4, 0.5) is 0 Å². The first-order chi connectivity index (χ1) is 7.45. The molecule has 76 valence electrons. The average molecular weight is 217 g/mol. The lowest BCUT2D eigenvalue weighted by atomic mass is 10.2. The monoisotopic (exact) mass is 217 g/mol. The van der Waals surface area contributed by atoms with Gasteiger partial charge in [0.1, 0.15) is 5.82 Å². The van der Waals surface area contributed by atoms with Crippen molar-refractivity contribution in [2.24, 2.45) is 0 Å². The first-order valence-electron chi connectivity index (χ1n) is 5.04. The zero-order chi connectivity index (χ0) is 10.1. The molecule has 1 unspecified atom stereocenters. The maximum Gasteiger partial charge on any atom is 0.142 e. The quantitative estimate of drug-likeness (QED) is 0.724. The fourth-order valence-electron chi connectivity index (χ4n) is 1.97. The van der Waals surface area contributed by atoms with E-state index < -0.39 is 0 Å². The van der Waals surface area contributed by atoms with E-state index in [1.165, 1.54) is 24.4 Å². The van der Waals surface area contributed by atoms with E-state index in [0.717, 1.165) is 11.4 Å². The van der Waals surface area contributed by atoms with Crippen LogP contribution in [0.5, 0.6) is 0 Å². The van der Waals surface area contributed by atoms with Gasteiger partial charge in [-0.1, -0.05) is 12.2 Å². The van der Waals surface area contributed by atoms with Gasteiger partial charge in [-0.15, -0.1) is 0 Å². The first kappa shape index (κ1) is 8.85. The van der Waals surface area contributed by atoms with Gasteiger partial charge in [-0.3, -0.25) is 0 Å². The highest BCUT2D eigenvalue weighted by molar-refractivity contribution is 7.03. The molecule has 0 saturated carbocycles. The first-order valence-corrected chi connectivity index (χ1v) is 5.88. The number of aromatic nitrogens is 3. The summed E-state index contributed by atoms with van der Waals surface area (Å²) >= 11 is 1.47. The van der Waals surface area contributed by atoms with Crippen molar-refractivity contribution >= 4 is 11.5 Å². The van der Waals surface area contributed by atoms with Crippen molar-refractivity contribution in [3.63, 3.8) is 0 Å². The minimum atomic E-state index is 0.474. The van der Waals surface area contributed by atoms with Crippen LogP contribution < -0.4 is 0 Å².